The van der Waals surface area contributed by atoms with Gasteiger partial charge in [0.2, 0.25) is 5.91 Å². The third-order valence-corrected chi connectivity index (χ3v) is 14.5. The van der Waals surface area contributed by atoms with Gasteiger partial charge in [-0.05, 0) is 57.8 Å². The number of aliphatic hydroxyl groups is 8. The molecular weight excluding hydrogens is 955 g/mol. The number of allylic oxidation sites excluding steroid dienone is 9. The lowest BCUT2D eigenvalue weighted by atomic mass is 9.97. The Balaban J connectivity index is 1.75. The summed E-state index contributed by atoms with van der Waals surface area (Å²) in [6, 6.07) is -0.939. The van der Waals surface area contributed by atoms with Crippen LogP contribution in [0.15, 0.2) is 60.8 Å². The Kier molecular flexibility index (Phi) is 42.7. The molecule has 12 unspecified atom stereocenters. The number of unbranched alkanes of at least 4 members (excludes halogenated alkanes) is 26. The molecule has 0 aromatic heterocycles. The summed E-state index contributed by atoms with van der Waals surface area (Å²) in [5.41, 5.74) is 0. The van der Waals surface area contributed by atoms with Crippen molar-refractivity contribution in [3.8, 4) is 0 Å². The molecule has 0 aromatic rings. The van der Waals surface area contributed by atoms with E-state index in [-0.39, 0.29) is 18.9 Å². The Morgan fingerprint density at radius 3 is 1.41 bits per heavy atom. The third-order valence-electron chi connectivity index (χ3n) is 14.5. The second-order valence-electron chi connectivity index (χ2n) is 21.1. The number of hydrogen-bond donors (Lipinski definition) is 9. The van der Waals surface area contributed by atoms with Gasteiger partial charge in [0.15, 0.2) is 12.6 Å². The van der Waals surface area contributed by atoms with Crippen molar-refractivity contribution < 1.29 is 64.6 Å². The summed E-state index contributed by atoms with van der Waals surface area (Å²) in [5, 5.41) is 87.0. The van der Waals surface area contributed by atoms with Crippen LogP contribution < -0.4 is 5.32 Å². The average molecular weight is 1060 g/mol. The highest BCUT2D eigenvalue weighted by molar-refractivity contribution is 5.76. The SMILES string of the molecule is CC/C=C\C/C=C\C/C=C\C/C=C\CCCCC(=O)NC(COC1OC(CO)C(OC2OC(CO)C(O)C(O)C2O)C(O)C1O)C(O)/C=C/CCCCCCCCCCCCCCCCCCCCCCCCCC. The predicted molar refractivity (Wildman–Crippen MR) is 300 cm³/mol. The second kappa shape index (κ2) is 46.6. The van der Waals surface area contributed by atoms with Crippen LogP contribution in [0.25, 0.3) is 0 Å². The molecule has 2 aliphatic rings. The van der Waals surface area contributed by atoms with E-state index in [9.17, 15) is 45.6 Å². The van der Waals surface area contributed by atoms with E-state index in [1.54, 1.807) is 6.08 Å². The van der Waals surface area contributed by atoms with Crippen LogP contribution in [0.3, 0.4) is 0 Å². The van der Waals surface area contributed by atoms with Crippen LogP contribution >= 0.6 is 0 Å². The fourth-order valence-electron chi connectivity index (χ4n) is 9.64. The number of amides is 1. The first-order valence-corrected chi connectivity index (χ1v) is 30.0. The third kappa shape index (κ3) is 32.4. The smallest absolute Gasteiger partial charge is 0.220 e. The second-order valence-corrected chi connectivity index (χ2v) is 21.1. The summed E-state index contributed by atoms with van der Waals surface area (Å²) in [7, 11) is 0. The molecule has 2 rings (SSSR count). The van der Waals surface area contributed by atoms with Crippen LogP contribution in [-0.4, -0.2) is 140 Å². The summed E-state index contributed by atoms with van der Waals surface area (Å²) < 4.78 is 22.7. The van der Waals surface area contributed by atoms with Gasteiger partial charge in [0.25, 0.3) is 0 Å². The van der Waals surface area contributed by atoms with E-state index in [4.69, 9.17) is 18.9 Å². The molecule has 0 aliphatic carbocycles. The highest BCUT2D eigenvalue weighted by Gasteiger charge is 2.51. The molecular formula is C61H109NO13. The van der Waals surface area contributed by atoms with E-state index in [0.29, 0.717) is 6.42 Å². The lowest BCUT2D eigenvalue weighted by Crippen LogP contribution is -2.65. The van der Waals surface area contributed by atoms with E-state index >= 15 is 0 Å². The maximum Gasteiger partial charge on any atom is 0.220 e. The maximum atomic E-state index is 13.2. The standard InChI is InChI=1S/C61H109NO13/c1-3-5-7-9-11-13-15-17-19-20-21-22-23-24-25-26-27-28-29-31-32-34-36-38-40-42-44-50(65)49(62-53(66)45-43-41-39-37-35-33-30-18-16-14-12-10-8-6-4-2)48-72-60-58(71)56(69)59(52(47-64)74-60)75-61-57(70)55(68)54(67)51(46-63)73-61/h6,8,12,14,18,30,35,37,42,44,49-52,54-61,63-65,67-71H,3-5,7,9-11,13,15-17,19-29,31-34,36,38-41,43,45-48H2,1-2H3,(H,62,66)/b8-6-,14-12-,30-18-,37-35-,44-42+. The molecule has 12 atom stereocenters. The minimum Gasteiger partial charge on any atom is -0.394 e. The van der Waals surface area contributed by atoms with E-state index in [1.807, 2.05) is 6.08 Å². The first kappa shape index (κ1) is 68.8. The van der Waals surface area contributed by atoms with Crippen LogP contribution in [0.5, 0.6) is 0 Å². The van der Waals surface area contributed by atoms with Gasteiger partial charge in [-0.1, -0.05) is 222 Å². The van der Waals surface area contributed by atoms with E-state index in [2.05, 4.69) is 67.8 Å². The molecule has 2 aliphatic heterocycles. The van der Waals surface area contributed by atoms with Gasteiger partial charge in [0, 0.05) is 6.42 Å². The largest absolute Gasteiger partial charge is 0.394 e. The maximum absolute atomic E-state index is 13.2. The minimum absolute atomic E-state index is 0.227. The quantitative estimate of drug-likeness (QED) is 0.0204. The van der Waals surface area contributed by atoms with Gasteiger partial charge in [0.05, 0.1) is 32.0 Å². The van der Waals surface area contributed by atoms with Crippen molar-refractivity contribution in [2.75, 3.05) is 19.8 Å². The molecule has 0 spiro atoms. The van der Waals surface area contributed by atoms with E-state index < -0.39 is 86.8 Å². The number of carbonyl (C=O) groups excluding carboxylic acids is 1. The first-order chi connectivity index (χ1) is 36.6. The van der Waals surface area contributed by atoms with Crippen molar-refractivity contribution in [1.29, 1.82) is 0 Å². The van der Waals surface area contributed by atoms with E-state index in [1.165, 1.54) is 141 Å². The van der Waals surface area contributed by atoms with Crippen molar-refractivity contribution in [1.82, 2.24) is 5.32 Å². The Labute approximate surface area is 454 Å². The molecule has 0 radical (unpaired) electrons. The number of rotatable bonds is 47. The Morgan fingerprint density at radius 1 is 0.493 bits per heavy atom. The number of nitrogens with one attached hydrogen (secondary N) is 1. The molecule has 75 heavy (non-hydrogen) atoms. The zero-order valence-electron chi connectivity index (χ0n) is 46.8. The zero-order valence-corrected chi connectivity index (χ0v) is 46.8. The lowest BCUT2D eigenvalue weighted by molar-refractivity contribution is -0.359. The molecule has 2 heterocycles. The summed E-state index contributed by atoms with van der Waals surface area (Å²) in [5.74, 6) is -0.280. The van der Waals surface area contributed by atoms with Crippen molar-refractivity contribution >= 4 is 5.91 Å². The highest BCUT2D eigenvalue weighted by atomic mass is 16.7. The minimum atomic E-state index is -1.79. The van der Waals surface area contributed by atoms with Crippen molar-refractivity contribution in [2.24, 2.45) is 0 Å². The average Bonchev–Trinajstić information content (AvgIpc) is 3.41. The zero-order chi connectivity index (χ0) is 54.6. The van der Waals surface area contributed by atoms with Crippen LogP contribution in [0.1, 0.15) is 226 Å². The highest BCUT2D eigenvalue weighted by Crippen LogP contribution is 2.30. The summed E-state index contributed by atoms with van der Waals surface area (Å²) in [6.45, 7) is 2.66. The lowest BCUT2D eigenvalue weighted by Gasteiger charge is -2.46. The predicted octanol–water partition coefficient (Wildman–Crippen LogP) is 10.2. The number of carbonyl (C=O) groups is 1. The van der Waals surface area contributed by atoms with Crippen molar-refractivity contribution in [2.45, 2.75) is 299 Å². The van der Waals surface area contributed by atoms with Gasteiger partial charge in [-0.3, -0.25) is 4.79 Å². The molecule has 2 fully saturated rings. The Morgan fingerprint density at radius 2 is 0.920 bits per heavy atom. The van der Waals surface area contributed by atoms with Gasteiger partial charge in [-0.2, -0.15) is 0 Å². The fourth-order valence-corrected chi connectivity index (χ4v) is 9.64. The molecule has 14 nitrogen and oxygen atoms in total. The Bertz CT molecular complexity index is 1490. The van der Waals surface area contributed by atoms with Gasteiger partial charge in [-0.25, -0.2) is 0 Å². The van der Waals surface area contributed by atoms with Crippen LogP contribution in [0, 0.1) is 0 Å². The molecule has 2 saturated heterocycles. The number of aliphatic hydroxyl groups excluding tert-OH is 8. The number of hydrogen-bond acceptors (Lipinski definition) is 13. The summed E-state index contributed by atoms with van der Waals surface area (Å²) in [4.78, 5) is 13.2. The molecule has 0 bridgehead atoms. The van der Waals surface area contributed by atoms with Crippen LogP contribution in [0.2, 0.25) is 0 Å². The molecule has 0 saturated carbocycles. The van der Waals surface area contributed by atoms with Crippen molar-refractivity contribution in [3.63, 3.8) is 0 Å². The molecule has 436 valence electrons. The van der Waals surface area contributed by atoms with Gasteiger partial charge >= 0.3 is 0 Å². The molecule has 1 amide bonds. The van der Waals surface area contributed by atoms with Crippen molar-refractivity contribution in [3.05, 3.63) is 60.8 Å². The molecule has 0 aromatic carbocycles. The molecule has 9 N–H and O–H groups in total. The number of ether oxygens (including phenoxy) is 4. The van der Waals surface area contributed by atoms with E-state index in [0.717, 1.165) is 57.8 Å². The van der Waals surface area contributed by atoms with Gasteiger partial charge < -0.3 is 65.1 Å². The van der Waals surface area contributed by atoms with Crippen LogP contribution in [-0.2, 0) is 23.7 Å². The van der Waals surface area contributed by atoms with Gasteiger partial charge in [-0.15, -0.1) is 0 Å². The summed E-state index contributed by atoms with van der Waals surface area (Å²) in [6.07, 6.45) is 42.8. The van der Waals surface area contributed by atoms with Gasteiger partial charge in [0.1, 0.15) is 48.8 Å². The molecule has 14 heteroatoms. The topological polar surface area (TPSA) is 228 Å². The van der Waals surface area contributed by atoms with Crippen LogP contribution in [0.4, 0.5) is 0 Å². The Hall–Kier alpha value is -2.31. The fraction of sp³-hybridized carbons (Fsp3) is 0.820. The normalized spacial score (nSPS) is 25.5. The summed E-state index contributed by atoms with van der Waals surface area (Å²) >= 11 is 0. The monoisotopic (exact) mass is 1060 g/mol. The first-order valence-electron chi connectivity index (χ1n) is 30.0.